The molecule has 0 aromatic heterocycles. The summed E-state index contributed by atoms with van der Waals surface area (Å²) in [5.74, 6) is 0.597. The van der Waals surface area contributed by atoms with Crippen molar-refractivity contribution < 1.29 is 0 Å². The second-order valence-corrected chi connectivity index (χ2v) is 4.66. The smallest absolute Gasteiger partial charge is 0.191 e. The molecule has 2 aromatic rings. The molecule has 0 heterocycles. The molecule has 0 unspecified atom stereocenters. The zero-order chi connectivity index (χ0) is 14.2. The fraction of sp³-hybridized carbons (Fsp3) is 0.235. The second-order valence-electron chi connectivity index (χ2n) is 4.66. The summed E-state index contributed by atoms with van der Waals surface area (Å²) >= 11 is 0. The molecule has 0 aliphatic carbocycles. The quantitative estimate of drug-likeness (QED) is 0.668. The first-order valence-electron chi connectivity index (χ1n) is 6.92. The van der Waals surface area contributed by atoms with Gasteiger partial charge in [-0.05, 0) is 18.1 Å². The van der Waals surface area contributed by atoms with Gasteiger partial charge >= 0.3 is 0 Å². The number of nitrogens with zero attached hydrogens (tertiary/aromatic N) is 2. The van der Waals surface area contributed by atoms with Crippen molar-refractivity contribution in [1.29, 1.82) is 0 Å². The third kappa shape index (κ3) is 4.12. The molecule has 2 rings (SSSR count). The molecule has 0 aliphatic rings. The largest absolute Gasteiger partial charge is 0.370 e. The van der Waals surface area contributed by atoms with Gasteiger partial charge in [-0.3, -0.25) is 0 Å². The molecule has 0 bridgehead atoms. The highest BCUT2D eigenvalue weighted by Crippen LogP contribution is 2.05. The van der Waals surface area contributed by atoms with Gasteiger partial charge in [-0.1, -0.05) is 60.7 Å². The fourth-order valence-corrected chi connectivity index (χ4v) is 2.01. The lowest BCUT2D eigenvalue weighted by Gasteiger charge is -2.22. The molecular weight excluding hydrogens is 246 g/mol. The van der Waals surface area contributed by atoms with Crippen LogP contribution in [0.1, 0.15) is 18.1 Å². The van der Waals surface area contributed by atoms with Crippen LogP contribution >= 0.6 is 0 Å². The van der Waals surface area contributed by atoms with Crippen LogP contribution in [-0.4, -0.2) is 17.4 Å². The zero-order valence-electron chi connectivity index (χ0n) is 11.9. The number of guanidine groups is 1. The molecule has 2 N–H and O–H groups in total. The van der Waals surface area contributed by atoms with E-state index in [4.69, 9.17) is 5.73 Å². The number of nitrogens with two attached hydrogens (primary N) is 1. The van der Waals surface area contributed by atoms with E-state index in [9.17, 15) is 0 Å². The summed E-state index contributed by atoms with van der Waals surface area (Å²) in [7, 11) is 0. The molecule has 20 heavy (non-hydrogen) atoms. The van der Waals surface area contributed by atoms with Crippen LogP contribution in [-0.2, 0) is 13.1 Å². The van der Waals surface area contributed by atoms with E-state index in [1.807, 2.05) is 36.4 Å². The fourth-order valence-electron chi connectivity index (χ4n) is 2.01. The van der Waals surface area contributed by atoms with Gasteiger partial charge in [-0.15, -0.1) is 0 Å². The first-order chi connectivity index (χ1) is 9.79. The molecule has 2 aromatic carbocycles. The van der Waals surface area contributed by atoms with Crippen molar-refractivity contribution >= 4 is 5.96 Å². The van der Waals surface area contributed by atoms with Crippen LogP contribution in [0.3, 0.4) is 0 Å². The third-order valence-corrected chi connectivity index (χ3v) is 3.19. The maximum atomic E-state index is 6.10. The van der Waals surface area contributed by atoms with Gasteiger partial charge in [0.05, 0.1) is 6.54 Å². The van der Waals surface area contributed by atoms with Crippen molar-refractivity contribution in [2.75, 3.05) is 6.54 Å². The Labute approximate surface area is 120 Å². The second kappa shape index (κ2) is 7.34. The van der Waals surface area contributed by atoms with E-state index in [1.165, 1.54) is 11.1 Å². The summed E-state index contributed by atoms with van der Waals surface area (Å²) < 4.78 is 0. The maximum absolute atomic E-state index is 6.10. The van der Waals surface area contributed by atoms with Gasteiger partial charge < -0.3 is 10.6 Å². The van der Waals surface area contributed by atoms with Gasteiger partial charge in [0.25, 0.3) is 0 Å². The first kappa shape index (κ1) is 14.1. The van der Waals surface area contributed by atoms with E-state index in [2.05, 4.69) is 41.1 Å². The molecular formula is C17H21N3. The van der Waals surface area contributed by atoms with Crippen molar-refractivity contribution in [2.45, 2.75) is 20.0 Å². The lowest BCUT2D eigenvalue weighted by molar-refractivity contribution is 0.428. The van der Waals surface area contributed by atoms with E-state index in [-0.39, 0.29) is 0 Å². The summed E-state index contributed by atoms with van der Waals surface area (Å²) in [6, 6.07) is 20.5. The van der Waals surface area contributed by atoms with E-state index in [0.717, 1.165) is 13.1 Å². The molecule has 3 nitrogen and oxygen atoms in total. The van der Waals surface area contributed by atoms with Crippen LogP contribution in [0.5, 0.6) is 0 Å². The standard InChI is InChI=1S/C17H21N3/c1-2-20(14-16-11-7-4-8-12-16)17(18)19-13-15-9-5-3-6-10-15/h3-12H,2,13-14H2,1H3,(H2,18,19). The van der Waals surface area contributed by atoms with Crippen LogP contribution in [0.15, 0.2) is 65.7 Å². The molecule has 0 spiro atoms. The molecule has 0 aliphatic heterocycles. The number of benzene rings is 2. The number of hydrogen-bond donors (Lipinski definition) is 1. The Bertz CT molecular complexity index is 535. The Kier molecular flexibility index (Phi) is 5.18. The normalized spacial score (nSPS) is 11.3. The molecule has 0 saturated carbocycles. The highest BCUT2D eigenvalue weighted by Gasteiger charge is 2.06. The summed E-state index contributed by atoms with van der Waals surface area (Å²) in [5.41, 5.74) is 8.52. The van der Waals surface area contributed by atoms with Crippen molar-refractivity contribution in [1.82, 2.24) is 4.90 Å². The minimum absolute atomic E-state index is 0.597. The SMILES string of the molecule is CCN(Cc1ccccc1)C(N)=NCc1ccccc1. The Morgan fingerprint density at radius 1 is 0.950 bits per heavy atom. The summed E-state index contributed by atoms with van der Waals surface area (Å²) in [6.45, 7) is 4.35. The van der Waals surface area contributed by atoms with Crippen LogP contribution < -0.4 is 5.73 Å². The Hall–Kier alpha value is -2.29. The van der Waals surface area contributed by atoms with Crippen molar-refractivity contribution in [2.24, 2.45) is 10.7 Å². The molecule has 0 saturated heterocycles. The van der Waals surface area contributed by atoms with Gasteiger partial charge in [-0.2, -0.15) is 0 Å². The average Bonchev–Trinajstić information content (AvgIpc) is 2.52. The molecule has 3 heteroatoms. The number of hydrogen-bond acceptors (Lipinski definition) is 1. The Morgan fingerprint density at radius 2 is 1.50 bits per heavy atom. The number of rotatable bonds is 5. The maximum Gasteiger partial charge on any atom is 0.191 e. The average molecular weight is 267 g/mol. The van der Waals surface area contributed by atoms with E-state index >= 15 is 0 Å². The zero-order valence-corrected chi connectivity index (χ0v) is 11.9. The Balaban J connectivity index is 1.99. The van der Waals surface area contributed by atoms with Crippen molar-refractivity contribution in [3.8, 4) is 0 Å². The summed E-state index contributed by atoms with van der Waals surface area (Å²) in [5, 5.41) is 0. The van der Waals surface area contributed by atoms with Crippen LogP contribution in [0.2, 0.25) is 0 Å². The summed E-state index contributed by atoms with van der Waals surface area (Å²) in [4.78, 5) is 6.56. The highest BCUT2D eigenvalue weighted by molar-refractivity contribution is 5.78. The van der Waals surface area contributed by atoms with Gasteiger partial charge in [0.1, 0.15) is 0 Å². The minimum Gasteiger partial charge on any atom is -0.370 e. The van der Waals surface area contributed by atoms with Gasteiger partial charge in [0.15, 0.2) is 5.96 Å². The van der Waals surface area contributed by atoms with Crippen molar-refractivity contribution in [3.05, 3.63) is 71.8 Å². The van der Waals surface area contributed by atoms with Crippen LogP contribution in [0.25, 0.3) is 0 Å². The minimum atomic E-state index is 0.597. The molecule has 0 radical (unpaired) electrons. The molecule has 0 fully saturated rings. The Morgan fingerprint density at radius 3 is 2.05 bits per heavy atom. The molecule has 0 amide bonds. The summed E-state index contributed by atoms with van der Waals surface area (Å²) in [6.07, 6.45) is 0. The molecule has 104 valence electrons. The predicted octanol–water partition coefficient (Wildman–Crippen LogP) is 3.02. The predicted molar refractivity (Wildman–Crippen MR) is 84.3 cm³/mol. The highest BCUT2D eigenvalue weighted by atomic mass is 15.2. The van der Waals surface area contributed by atoms with Gasteiger partial charge in [0.2, 0.25) is 0 Å². The van der Waals surface area contributed by atoms with Crippen LogP contribution in [0, 0.1) is 0 Å². The van der Waals surface area contributed by atoms with Gasteiger partial charge in [0, 0.05) is 13.1 Å². The molecule has 0 atom stereocenters. The van der Waals surface area contributed by atoms with Crippen molar-refractivity contribution in [3.63, 3.8) is 0 Å². The van der Waals surface area contributed by atoms with E-state index in [1.54, 1.807) is 0 Å². The lowest BCUT2D eigenvalue weighted by Crippen LogP contribution is -2.36. The topological polar surface area (TPSA) is 41.6 Å². The monoisotopic (exact) mass is 267 g/mol. The number of aliphatic imine (C=N–C) groups is 1. The lowest BCUT2D eigenvalue weighted by atomic mass is 10.2. The van der Waals surface area contributed by atoms with Crippen LogP contribution in [0.4, 0.5) is 0 Å². The van der Waals surface area contributed by atoms with E-state index < -0.39 is 0 Å². The first-order valence-corrected chi connectivity index (χ1v) is 6.92. The van der Waals surface area contributed by atoms with Gasteiger partial charge in [-0.25, -0.2) is 4.99 Å². The third-order valence-electron chi connectivity index (χ3n) is 3.19. The van der Waals surface area contributed by atoms with E-state index in [0.29, 0.717) is 12.5 Å².